The molecule has 100 valence electrons. The highest BCUT2D eigenvalue weighted by molar-refractivity contribution is 5.90. The highest BCUT2D eigenvalue weighted by Gasteiger charge is 2.13. The Kier molecular flexibility index (Phi) is 3.65. The number of hydrogen-bond donors (Lipinski definition) is 1. The molecule has 2 aromatic rings. The van der Waals surface area contributed by atoms with E-state index < -0.39 is 5.97 Å². The molecule has 0 fully saturated rings. The van der Waals surface area contributed by atoms with E-state index in [4.69, 9.17) is 15.2 Å². The fourth-order valence-corrected chi connectivity index (χ4v) is 1.44. The monoisotopic (exact) mass is 263 g/mol. The van der Waals surface area contributed by atoms with E-state index in [0.29, 0.717) is 28.4 Å². The number of hydrogen-bond acceptors (Lipinski definition) is 7. The van der Waals surface area contributed by atoms with Crippen molar-refractivity contribution in [3.8, 4) is 5.75 Å². The van der Waals surface area contributed by atoms with Gasteiger partial charge in [0.1, 0.15) is 23.7 Å². The van der Waals surface area contributed by atoms with Gasteiger partial charge in [0.2, 0.25) is 0 Å². The van der Waals surface area contributed by atoms with Crippen LogP contribution in [-0.2, 0) is 11.3 Å². The van der Waals surface area contributed by atoms with Crippen LogP contribution >= 0.6 is 0 Å². The lowest BCUT2D eigenvalue weighted by molar-refractivity contribution is 0.0463. The van der Waals surface area contributed by atoms with Crippen LogP contribution in [0.15, 0.2) is 22.8 Å². The second-order valence-corrected chi connectivity index (χ2v) is 3.83. The molecular formula is C12H13N3O4. The van der Waals surface area contributed by atoms with Crippen molar-refractivity contribution < 1.29 is 18.9 Å². The molecule has 0 saturated heterocycles. The number of benzene rings is 1. The molecule has 0 aliphatic heterocycles. The summed E-state index contributed by atoms with van der Waals surface area (Å²) in [6.45, 7) is 1.72. The van der Waals surface area contributed by atoms with Crippen LogP contribution in [-0.4, -0.2) is 23.4 Å². The summed E-state index contributed by atoms with van der Waals surface area (Å²) in [6, 6.07) is 4.66. The lowest BCUT2D eigenvalue weighted by Crippen LogP contribution is -2.07. The van der Waals surface area contributed by atoms with Crippen LogP contribution in [0, 0.1) is 6.92 Å². The Hall–Kier alpha value is -2.57. The molecule has 2 rings (SSSR count). The third-order valence-electron chi connectivity index (χ3n) is 2.56. The molecule has 0 spiro atoms. The van der Waals surface area contributed by atoms with Gasteiger partial charge < -0.3 is 15.2 Å². The summed E-state index contributed by atoms with van der Waals surface area (Å²) in [6.07, 6.45) is 0. The van der Waals surface area contributed by atoms with Gasteiger partial charge in [0.15, 0.2) is 0 Å². The highest BCUT2D eigenvalue weighted by atomic mass is 16.6. The molecular weight excluding hydrogens is 250 g/mol. The second kappa shape index (κ2) is 5.38. The number of anilines is 1. The largest absolute Gasteiger partial charge is 0.495 e. The molecule has 0 bridgehead atoms. The minimum Gasteiger partial charge on any atom is -0.495 e. The molecule has 2 N–H and O–H groups in total. The number of carbonyl (C=O) groups is 1. The molecule has 0 saturated carbocycles. The molecule has 0 aliphatic rings. The molecule has 0 atom stereocenters. The number of nitrogen functional groups attached to an aromatic ring is 1. The van der Waals surface area contributed by atoms with Crippen LogP contribution in [0.5, 0.6) is 5.75 Å². The number of carbonyl (C=O) groups excluding carboxylic acids is 1. The van der Waals surface area contributed by atoms with Crippen LogP contribution < -0.4 is 10.5 Å². The van der Waals surface area contributed by atoms with Crippen LogP contribution in [0.3, 0.4) is 0 Å². The van der Waals surface area contributed by atoms with E-state index in [1.807, 2.05) is 0 Å². The fourth-order valence-electron chi connectivity index (χ4n) is 1.44. The zero-order chi connectivity index (χ0) is 13.8. The van der Waals surface area contributed by atoms with Gasteiger partial charge in [-0.2, -0.15) is 0 Å². The number of aromatic nitrogens is 2. The molecule has 7 heteroatoms. The Morgan fingerprint density at radius 3 is 2.84 bits per heavy atom. The zero-order valence-corrected chi connectivity index (χ0v) is 10.5. The third kappa shape index (κ3) is 2.82. The van der Waals surface area contributed by atoms with E-state index >= 15 is 0 Å². The third-order valence-corrected chi connectivity index (χ3v) is 2.56. The number of ether oxygens (including phenoxy) is 2. The number of esters is 1. The minimum absolute atomic E-state index is 0.000852. The maximum absolute atomic E-state index is 11.8. The summed E-state index contributed by atoms with van der Waals surface area (Å²) in [5.74, 6) is -0.0746. The summed E-state index contributed by atoms with van der Waals surface area (Å²) in [5.41, 5.74) is 7.53. The van der Waals surface area contributed by atoms with Crippen LogP contribution in [0.2, 0.25) is 0 Å². The first kappa shape index (κ1) is 12.9. The van der Waals surface area contributed by atoms with Gasteiger partial charge in [0.05, 0.1) is 18.4 Å². The zero-order valence-electron chi connectivity index (χ0n) is 10.5. The quantitative estimate of drug-likeness (QED) is 0.655. The van der Waals surface area contributed by atoms with Crippen molar-refractivity contribution in [3.63, 3.8) is 0 Å². The second-order valence-electron chi connectivity index (χ2n) is 3.83. The molecule has 19 heavy (non-hydrogen) atoms. The highest BCUT2D eigenvalue weighted by Crippen LogP contribution is 2.22. The predicted octanol–water partition coefficient (Wildman–Crippen LogP) is 1.33. The number of aryl methyl sites for hydroxylation is 1. The van der Waals surface area contributed by atoms with Gasteiger partial charge in [-0.15, -0.1) is 0 Å². The van der Waals surface area contributed by atoms with Crippen LogP contribution in [0.25, 0.3) is 0 Å². The molecule has 0 radical (unpaired) electrons. The first-order valence-electron chi connectivity index (χ1n) is 5.50. The van der Waals surface area contributed by atoms with Crippen LogP contribution in [0.1, 0.15) is 21.7 Å². The first-order chi connectivity index (χ1) is 9.11. The Balaban J connectivity index is 2.06. The van der Waals surface area contributed by atoms with Crippen molar-refractivity contribution in [3.05, 3.63) is 35.2 Å². The summed E-state index contributed by atoms with van der Waals surface area (Å²) in [7, 11) is 1.48. The van der Waals surface area contributed by atoms with Crippen molar-refractivity contribution >= 4 is 11.7 Å². The van der Waals surface area contributed by atoms with E-state index in [1.54, 1.807) is 19.1 Å². The SMILES string of the molecule is COc1cc(C(=O)OCc2nonc2C)ccc1N. The molecule has 1 aromatic carbocycles. The average Bonchev–Trinajstić information content (AvgIpc) is 2.82. The van der Waals surface area contributed by atoms with E-state index in [0.717, 1.165) is 0 Å². The Bertz CT molecular complexity index is 594. The Morgan fingerprint density at radius 1 is 1.42 bits per heavy atom. The molecule has 0 amide bonds. The van der Waals surface area contributed by atoms with Gasteiger partial charge in [0, 0.05) is 0 Å². The smallest absolute Gasteiger partial charge is 0.338 e. The summed E-state index contributed by atoms with van der Waals surface area (Å²) < 4.78 is 14.6. The predicted molar refractivity (Wildman–Crippen MR) is 65.6 cm³/mol. The lowest BCUT2D eigenvalue weighted by atomic mass is 10.2. The maximum Gasteiger partial charge on any atom is 0.338 e. The van der Waals surface area contributed by atoms with Gasteiger partial charge in [-0.3, -0.25) is 0 Å². The molecule has 1 heterocycles. The lowest BCUT2D eigenvalue weighted by Gasteiger charge is -2.07. The fraction of sp³-hybridized carbons (Fsp3) is 0.250. The molecule has 0 unspecified atom stereocenters. The summed E-state index contributed by atoms with van der Waals surface area (Å²) in [4.78, 5) is 11.8. The van der Waals surface area contributed by atoms with Gasteiger partial charge in [-0.05, 0) is 25.1 Å². The topological polar surface area (TPSA) is 100 Å². The van der Waals surface area contributed by atoms with E-state index in [9.17, 15) is 4.79 Å². The van der Waals surface area contributed by atoms with Crippen LogP contribution in [0.4, 0.5) is 5.69 Å². The number of rotatable bonds is 4. The van der Waals surface area contributed by atoms with Gasteiger partial charge in [0.25, 0.3) is 0 Å². The Morgan fingerprint density at radius 2 is 2.21 bits per heavy atom. The van der Waals surface area contributed by atoms with E-state index in [-0.39, 0.29) is 6.61 Å². The normalized spacial score (nSPS) is 10.2. The minimum atomic E-state index is -0.499. The van der Waals surface area contributed by atoms with Crippen molar-refractivity contribution in [2.24, 2.45) is 0 Å². The average molecular weight is 263 g/mol. The van der Waals surface area contributed by atoms with Crippen molar-refractivity contribution in [1.29, 1.82) is 0 Å². The molecule has 7 nitrogen and oxygen atoms in total. The van der Waals surface area contributed by atoms with E-state index in [2.05, 4.69) is 14.9 Å². The van der Waals surface area contributed by atoms with Gasteiger partial charge in [-0.25, -0.2) is 9.42 Å². The summed E-state index contributed by atoms with van der Waals surface area (Å²) in [5, 5.41) is 7.21. The van der Waals surface area contributed by atoms with Gasteiger partial charge in [-0.1, -0.05) is 10.3 Å². The Labute approximate surface area is 109 Å². The standard InChI is InChI=1S/C12H13N3O4/c1-7-10(15-19-14-7)6-18-12(16)8-3-4-9(13)11(5-8)17-2/h3-5H,6,13H2,1-2H3. The van der Waals surface area contributed by atoms with Gasteiger partial charge >= 0.3 is 5.97 Å². The summed E-state index contributed by atoms with van der Waals surface area (Å²) >= 11 is 0. The number of nitrogens with two attached hydrogens (primary N) is 1. The number of nitrogens with zero attached hydrogens (tertiary/aromatic N) is 2. The van der Waals surface area contributed by atoms with Crippen molar-refractivity contribution in [1.82, 2.24) is 10.3 Å². The molecule has 1 aromatic heterocycles. The maximum atomic E-state index is 11.8. The first-order valence-corrected chi connectivity index (χ1v) is 5.50. The van der Waals surface area contributed by atoms with Crippen molar-refractivity contribution in [2.75, 3.05) is 12.8 Å². The number of methoxy groups -OCH3 is 1. The van der Waals surface area contributed by atoms with E-state index in [1.165, 1.54) is 13.2 Å². The van der Waals surface area contributed by atoms with Crippen molar-refractivity contribution in [2.45, 2.75) is 13.5 Å². The molecule has 0 aliphatic carbocycles.